The molecule has 0 saturated heterocycles. The molecule has 1 aromatic heterocycles. The fraction of sp³-hybridized carbons (Fsp3) is 0.182. The van der Waals surface area contributed by atoms with Gasteiger partial charge in [0.2, 0.25) is 0 Å². The molecule has 0 aliphatic rings. The van der Waals surface area contributed by atoms with Crippen LogP contribution in [0.15, 0.2) is 60.7 Å². The van der Waals surface area contributed by atoms with Crippen LogP contribution in [0.5, 0.6) is 0 Å². The van der Waals surface area contributed by atoms with Crippen molar-refractivity contribution in [2.45, 2.75) is 13.8 Å². The molecular formula is C22H22N2O2S. The van der Waals surface area contributed by atoms with Crippen molar-refractivity contribution < 1.29 is 9.59 Å². The van der Waals surface area contributed by atoms with Crippen LogP contribution < -0.4 is 9.80 Å². The molecule has 4 nitrogen and oxygen atoms in total. The number of thiophene rings is 1. The number of amides is 2. The molecule has 0 atom stereocenters. The minimum absolute atomic E-state index is 0.122. The maximum atomic E-state index is 12.8. The number of aryl methyl sites for hydroxylation is 2. The zero-order valence-electron chi connectivity index (χ0n) is 15.9. The van der Waals surface area contributed by atoms with E-state index < -0.39 is 0 Å². The second-order valence-electron chi connectivity index (χ2n) is 6.57. The molecule has 3 aromatic rings. The maximum Gasteiger partial charge on any atom is 0.268 e. The molecule has 0 spiro atoms. The summed E-state index contributed by atoms with van der Waals surface area (Å²) in [6.45, 7) is 3.98. The molecule has 5 heteroatoms. The zero-order valence-corrected chi connectivity index (χ0v) is 16.7. The summed E-state index contributed by atoms with van der Waals surface area (Å²) in [6.07, 6.45) is 0. The van der Waals surface area contributed by atoms with Gasteiger partial charge < -0.3 is 9.80 Å². The highest BCUT2D eigenvalue weighted by Gasteiger charge is 2.20. The van der Waals surface area contributed by atoms with Gasteiger partial charge in [0.25, 0.3) is 11.8 Å². The van der Waals surface area contributed by atoms with Crippen molar-refractivity contribution in [3.05, 3.63) is 81.5 Å². The number of benzene rings is 2. The van der Waals surface area contributed by atoms with Crippen LogP contribution in [-0.2, 0) is 0 Å². The smallest absolute Gasteiger partial charge is 0.268 e. The highest BCUT2D eigenvalue weighted by Crippen LogP contribution is 2.24. The Morgan fingerprint density at radius 1 is 0.704 bits per heavy atom. The van der Waals surface area contributed by atoms with Gasteiger partial charge >= 0.3 is 0 Å². The Kier molecular flexibility index (Phi) is 5.42. The van der Waals surface area contributed by atoms with Crippen LogP contribution in [0.4, 0.5) is 11.4 Å². The molecule has 2 aromatic carbocycles. The Morgan fingerprint density at radius 3 is 1.48 bits per heavy atom. The number of nitrogens with zero attached hydrogens (tertiary/aromatic N) is 2. The topological polar surface area (TPSA) is 40.6 Å². The van der Waals surface area contributed by atoms with E-state index in [0.717, 1.165) is 22.5 Å². The van der Waals surface area contributed by atoms with Crippen molar-refractivity contribution in [3.8, 4) is 0 Å². The first-order valence-electron chi connectivity index (χ1n) is 8.66. The van der Waals surface area contributed by atoms with Gasteiger partial charge in [-0.2, -0.15) is 0 Å². The summed E-state index contributed by atoms with van der Waals surface area (Å²) in [5.74, 6) is -0.245. The highest BCUT2D eigenvalue weighted by molar-refractivity contribution is 7.16. The van der Waals surface area contributed by atoms with E-state index in [2.05, 4.69) is 0 Å². The van der Waals surface area contributed by atoms with E-state index in [1.165, 1.54) is 11.3 Å². The summed E-state index contributed by atoms with van der Waals surface area (Å²) in [5, 5.41) is 0. The normalized spacial score (nSPS) is 10.5. The second kappa shape index (κ2) is 7.76. The highest BCUT2D eigenvalue weighted by atomic mass is 32.1. The fourth-order valence-electron chi connectivity index (χ4n) is 2.81. The molecule has 138 valence electrons. The van der Waals surface area contributed by atoms with Gasteiger partial charge in [-0.15, -0.1) is 11.3 Å². The minimum atomic E-state index is -0.122. The van der Waals surface area contributed by atoms with Crippen molar-refractivity contribution in [2.24, 2.45) is 0 Å². The number of hydrogen-bond donors (Lipinski definition) is 0. The van der Waals surface area contributed by atoms with Gasteiger partial charge in [-0.3, -0.25) is 9.59 Å². The van der Waals surface area contributed by atoms with E-state index in [0.29, 0.717) is 9.75 Å². The van der Waals surface area contributed by atoms with Crippen molar-refractivity contribution in [1.29, 1.82) is 0 Å². The molecule has 0 saturated carbocycles. The van der Waals surface area contributed by atoms with Gasteiger partial charge in [0.05, 0.1) is 9.75 Å². The molecule has 0 aliphatic carbocycles. The van der Waals surface area contributed by atoms with Gasteiger partial charge in [0.1, 0.15) is 0 Å². The molecule has 0 unspecified atom stereocenters. The summed E-state index contributed by atoms with van der Waals surface area (Å²) in [5.41, 5.74) is 3.85. The SMILES string of the molecule is Cc1cccc(N(C)C(=O)c2ccc(C(=O)N(C)c3cccc(C)c3)s2)c1. The van der Waals surface area contributed by atoms with Crippen LogP contribution in [0.25, 0.3) is 0 Å². The third-order valence-electron chi connectivity index (χ3n) is 4.41. The summed E-state index contributed by atoms with van der Waals surface area (Å²) in [6, 6.07) is 19.0. The lowest BCUT2D eigenvalue weighted by molar-refractivity contribution is 0.0990. The first-order valence-corrected chi connectivity index (χ1v) is 9.48. The molecule has 2 amide bonds. The number of rotatable bonds is 4. The van der Waals surface area contributed by atoms with Crippen LogP contribution in [0.1, 0.15) is 30.5 Å². The summed E-state index contributed by atoms with van der Waals surface area (Å²) in [7, 11) is 3.49. The van der Waals surface area contributed by atoms with Crippen LogP contribution in [0.2, 0.25) is 0 Å². The average Bonchev–Trinajstić information content (AvgIpc) is 3.15. The van der Waals surface area contributed by atoms with Gasteiger partial charge in [-0.05, 0) is 61.4 Å². The van der Waals surface area contributed by atoms with Crippen LogP contribution >= 0.6 is 11.3 Å². The molecule has 0 N–H and O–H groups in total. The molecule has 3 rings (SSSR count). The van der Waals surface area contributed by atoms with E-state index >= 15 is 0 Å². The monoisotopic (exact) mass is 378 g/mol. The van der Waals surface area contributed by atoms with Crippen LogP contribution in [0.3, 0.4) is 0 Å². The standard InChI is InChI=1S/C22H22N2O2S/c1-15-7-5-9-17(13-15)23(3)21(25)19-11-12-20(27-19)22(26)24(4)18-10-6-8-16(2)14-18/h5-14H,1-4H3. The summed E-state index contributed by atoms with van der Waals surface area (Å²) >= 11 is 1.22. The third-order valence-corrected chi connectivity index (χ3v) is 5.48. The van der Waals surface area contributed by atoms with Gasteiger partial charge in [-0.25, -0.2) is 0 Å². The number of carbonyl (C=O) groups is 2. The molecule has 0 radical (unpaired) electrons. The number of anilines is 2. The Bertz CT molecular complexity index is 915. The quantitative estimate of drug-likeness (QED) is 0.647. The zero-order chi connectivity index (χ0) is 19.6. The number of hydrogen-bond acceptors (Lipinski definition) is 3. The Morgan fingerprint density at radius 2 is 1.11 bits per heavy atom. The van der Waals surface area contributed by atoms with Gasteiger partial charge in [0.15, 0.2) is 0 Å². The second-order valence-corrected chi connectivity index (χ2v) is 7.65. The lowest BCUT2D eigenvalue weighted by Gasteiger charge is -2.17. The Hall–Kier alpha value is -2.92. The van der Waals surface area contributed by atoms with Crippen LogP contribution in [0, 0.1) is 13.8 Å². The molecule has 0 bridgehead atoms. The van der Waals surface area contributed by atoms with Crippen molar-refractivity contribution in [1.82, 2.24) is 0 Å². The first kappa shape index (κ1) is 18.9. The fourth-order valence-corrected chi connectivity index (χ4v) is 3.76. The van der Waals surface area contributed by atoms with Crippen molar-refractivity contribution in [3.63, 3.8) is 0 Å². The third kappa shape index (κ3) is 4.09. The molecule has 1 heterocycles. The minimum Gasteiger partial charge on any atom is -0.311 e. The van der Waals surface area contributed by atoms with E-state index in [4.69, 9.17) is 0 Å². The van der Waals surface area contributed by atoms with Crippen molar-refractivity contribution in [2.75, 3.05) is 23.9 Å². The largest absolute Gasteiger partial charge is 0.311 e. The number of carbonyl (C=O) groups excluding carboxylic acids is 2. The Labute approximate surface area is 163 Å². The molecule has 0 aliphatic heterocycles. The lowest BCUT2D eigenvalue weighted by atomic mass is 10.2. The maximum absolute atomic E-state index is 12.8. The van der Waals surface area contributed by atoms with E-state index in [1.807, 2.05) is 62.4 Å². The lowest BCUT2D eigenvalue weighted by Crippen LogP contribution is -2.26. The van der Waals surface area contributed by atoms with Crippen LogP contribution in [-0.4, -0.2) is 25.9 Å². The molecular weight excluding hydrogens is 356 g/mol. The Balaban J connectivity index is 1.79. The van der Waals surface area contributed by atoms with E-state index in [9.17, 15) is 9.59 Å². The predicted octanol–water partition coefficient (Wildman–Crippen LogP) is 4.92. The molecule has 27 heavy (non-hydrogen) atoms. The first-order chi connectivity index (χ1) is 12.9. The summed E-state index contributed by atoms with van der Waals surface area (Å²) in [4.78, 5) is 29.9. The summed E-state index contributed by atoms with van der Waals surface area (Å²) < 4.78 is 0. The van der Waals surface area contributed by atoms with Gasteiger partial charge in [-0.1, -0.05) is 24.3 Å². The molecule has 0 fully saturated rings. The van der Waals surface area contributed by atoms with Crippen molar-refractivity contribution >= 4 is 34.5 Å². The predicted molar refractivity (Wildman–Crippen MR) is 112 cm³/mol. The van der Waals surface area contributed by atoms with Gasteiger partial charge in [0, 0.05) is 25.5 Å². The van der Waals surface area contributed by atoms with E-state index in [1.54, 1.807) is 36.0 Å². The average molecular weight is 378 g/mol. The van der Waals surface area contributed by atoms with E-state index in [-0.39, 0.29) is 11.8 Å².